The van der Waals surface area contributed by atoms with Gasteiger partial charge in [-0.1, -0.05) is 30.7 Å². The van der Waals surface area contributed by atoms with Crippen LogP contribution in [-0.2, 0) is 11.3 Å². The maximum Gasteiger partial charge on any atom is 0.237 e. The van der Waals surface area contributed by atoms with Crippen LogP contribution in [0.4, 0.5) is 0 Å². The Hall–Kier alpha value is -1.36. The summed E-state index contributed by atoms with van der Waals surface area (Å²) in [4.78, 5) is 16.5. The summed E-state index contributed by atoms with van der Waals surface area (Å²) in [5.74, 6) is 0.0950. The second kappa shape index (κ2) is 8.93. The quantitative estimate of drug-likeness (QED) is 0.902. The molecule has 2 aromatic rings. The predicted octanol–water partition coefficient (Wildman–Crippen LogP) is 2.84. The lowest BCUT2D eigenvalue weighted by molar-refractivity contribution is -0.123. The first-order chi connectivity index (χ1) is 9.84. The Morgan fingerprint density at radius 1 is 1.23 bits per heavy atom. The van der Waals surface area contributed by atoms with Gasteiger partial charge in [0.05, 0.1) is 11.6 Å². The van der Waals surface area contributed by atoms with Crippen molar-refractivity contribution in [3.63, 3.8) is 0 Å². The molecular formula is C16H21Cl2N3O. The lowest BCUT2D eigenvalue weighted by Crippen LogP contribution is -2.46. The SMILES string of the molecule is Cl.Cl.O=C(NCc1cccc2cccnc12)C1CCCCN1. The van der Waals surface area contributed by atoms with Crippen molar-refractivity contribution in [2.24, 2.45) is 0 Å². The number of benzene rings is 1. The van der Waals surface area contributed by atoms with Crippen LogP contribution in [0.1, 0.15) is 24.8 Å². The van der Waals surface area contributed by atoms with Gasteiger partial charge in [-0.3, -0.25) is 9.78 Å². The number of carbonyl (C=O) groups excluding carboxylic acids is 1. The second-order valence-corrected chi connectivity index (χ2v) is 5.21. The van der Waals surface area contributed by atoms with E-state index in [0.29, 0.717) is 6.54 Å². The third kappa shape index (κ3) is 4.32. The van der Waals surface area contributed by atoms with Crippen LogP contribution in [0.5, 0.6) is 0 Å². The highest BCUT2D eigenvalue weighted by atomic mass is 35.5. The Morgan fingerprint density at radius 3 is 2.82 bits per heavy atom. The van der Waals surface area contributed by atoms with Gasteiger partial charge in [-0.15, -0.1) is 24.8 Å². The van der Waals surface area contributed by atoms with Gasteiger partial charge in [0, 0.05) is 18.1 Å². The van der Waals surface area contributed by atoms with Crippen LogP contribution in [0.3, 0.4) is 0 Å². The molecule has 2 N–H and O–H groups in total. The van der Waals surface area contributed by atoms with E-state index in [0.717, 1.165) is 42.3 Å². The molecule has 1 amide bonds. The third-order valence-corrected chi connectivity index (χ3v) is 3.80. The van der Waals surface area contributed by atoms with E-state index in [-0.39, 0.29) is 36.8 Å². The molecule has 0 radical (unpaired) electrons. The van der Waals surface area contributed by atoms with Gasteiger partial charge >= 0.3 is 0 Å². The maximum absolute atomic E-state index is 12.1. The van der Waals surface area contributed by atoms with Crippen molar-refractivity contribution in [2.75, 3.05) is 6.54 Å². The fourth-order valence-corrected chi connectivity index (χ4v) is 2.69. The molecule has 22 heavy (non-hydrogen) atoms. The molecule has 0 spiro atoms. The molecular weight excluding hydrogens is 321 g/mol. The lowest BCUT2D eigenvalue weighted by Gasteiger charge is -2.22. The zero-order chi connectivity index (χ0) is 13.8. The van der Waals surface area contributed by atoms with Crippen molar-refractivity contribution in [3.8, 4) is 0 Å². The van der Waals surface area contributed by atoms with Crippen LogP contribution in [0.15, 0.2) is 36.5 Å². The molecule has 1 unspecified atom stereocenters. The van der Waals surface area contributed by atoms with Crippen LogP contribution < -0.4 is 10.6 Å². The van der Waals surface area contributed by atoms with Gasteiger partial charge in [0.25, 0.3) is 0 Å². The first kappa shape index (κ1) is 18.7. The number of amides is 1. The zero-order valence-corrected chi connectivity index (χ0v) is 13.9. The summed E-state index contributed by atoms with van der Waals surface area (Å²) in [7, 11) is 0. The number of aromatic nitrogens is 1. The van der Waals surface area contributed by atoms with E-state index >= 15 is 0 Å². The fourth-order valence-electron chi connectivity index (χ4n) is 2.69. The Morgan fingerprint density at radius 2 is 2.05 bits per heavy atom. The second-order valence-electron chi connectivity index (χ2n) is 5.21. The van der Waals surface area contributed by atoms with Crippen molar-refractivity contribution >= 4 is 41.6 Å². The summed E-state index contributed by atoms with van der Waals surface area (Å²) >= 11 is 0. The summed E-state index contributed by atoms with van der Waals surface area (Å²) in [5.41, 5.74) is 2.03. The van der Waals surface area contributed by atoms with E-state index in [1.165, 1.54) is 0 Å². The van der Waals surface area contributed by atoms with Crippen LogP contribution in [-0.4, -0.2) is 23.5 Å². The number of nitrogens with one attached hydrogen (secondary N) is 2. The molecule has 1 fully saturated rings. The molecule has 0 aliphatic carbocycles. The molecule has 1 atom stereocenters. The number of hydrogen-bond acceptors (Lipinski definition) is 3. The average molecular weight is 342 g/mol. The summed E-state index contributed by atoms with van der Waals surface area (Å²) in [6.45, 7) is 1.47. The van der Waals surface area contributed by atoms with E-state index in [1.807, 2.05) is 30.3 Å². The number of fused-ring (bicyclic) bond motifs is 1. The molecule has 120 valence electrons. The van der Waals surface area contributed by atoms with Crippen LogP contribution >= 0.6 is 24.8 Å². The molecule has 0 saturated carbocycles. The largest absolute Gasteiger partial charge is 0.351 e. The standard InChI is InChI=1S/C16H19N3O.2ClH/c20-16(14-8-1-2-9-17-14)19-11-13-6-3-5-12-7-4-10-18-15(12)13;;/h3-7,10,14,17H,1-2,8-9,11H2,(H,19,20);2*1H. The molecule has 1 aromatic heterocycles. The Balaban J connectivity index is 0.00000121. The molecule has 6 heteroatoms. The Labute approximate surface area is 142 Å². The molecule has 0 bridgehead atoms. The maximum atomic E-state index is 12.1. The van der Waals surface area contributed by atoms with E-state index in [2.05, 4.69) is 15.6 Å². The highest BCUT2D eigenvalue weighted by Gasteiger charge is 2.20. The molecule has 2 heterocycles. The average Bonchev–Trinajstić information content (AvgIpc) is 2.53. The smallest absolute Gasteiger partial charge is 0.237 e. The summed E-state index contributed by atoms with van der Waals surface area (Å²) in [5, 5.41) is 7.39. The van der Waals surface area contributed by atoms with Gasteiger partial charge in [0.2, 0.25) is 5.91 Å². The number of rotatable bonds is 3. The third-order valence-electron chi connectivity index (χ3n) is 3.80. The molecule has 1 saturated heterocycles. The minimum absolute atomic E-state index is 0. The molecule has 4 nitrogen and oxygen atoms in total. The molecule has 1 aromatic carbocycles. The Bertz CT molecular complexity index is 610. The summed E-state index contributed by atoms with van der Waals surface area (Å²) < 4.78 is 0. The van der Waals surface area contributed by atoms with Crippen molar-refractivity contribution in [3.05, 3.63) is 42.1 Å². The van der Waals surface area contributed by atoms with Gasteiger partial charge in [0.15, 0.2) is 0 Å². The predicted molar refractivity (Wildman–Crippen MR) is 93.7 cm³/mol. The number of pyridine rings is 1. The molecule has 3 rings (SSSR count). The number of hydrogen-bond donors (Lipinski definition) is 2. The van der Waals surface area contributed by atoms with E-state index < -0.39 is 0 Å². The van der Waals surface area contributed by atoms with E-state index in [1.54, 1.807) is 6.20 Å². The van der Waals surface area contributed by atoms with Gasteiger partial charge in [-0.25, -0.2) is 0 Å². The topological polar surface area (TPSA) is 54.0 Å². The zero-order valence-electron chi connectivity index (χ0n) is 12.2. The number of halogens is 2. The van der Waals surface area contributed by atoms with Crippen LogP contribution in [0.2, 0.25) is 0 Å². The van der Waals surface area contributed by atoms with Crippen molar-refractivity contribution in [1.29, 1.82) is 0 Å². The number of para-hydroxylation sites is 1. The Kier molecular flexibility index (Phi) is 7.59. The molecule has 1 aliphatic heterocycles. The normalized spacial score (nSPS) is 17.2. The van der Waals surface area contributed by atoms with Gasteiger partial charge in [-0.05, 0) is 31.0 Å². The first-order valence-electron chi connectivity index (χ1n) is 7.18. The fraction of sp³-hybridized carbons (Fsp3) is 0.375. The summed E-state index contributed by atoms with van der Waals surface area (Å²) in [6.07, 6.45) is 5.01. The van der Waals surface area contributed by atoms with E-state index in [9.17, 15) is 4.79 Å². The van der Waals surface area contributed by atoms with Crippen molar-refractivity contribution < 1.29 is 4.79 Å². The van der Waals surface area contributed by atoms with E-state index in [4.69, 9.17) is 0 Å². The first-order valence-corrected chi connectivity index (χ1v) is 7.18. The van der Waals surface area contributed by atoms with Crippen LogP contribution in [0.25, 0.3) is 10.9 Å². The van der Waals surface area contributed by atoms with Crippen LogP contribution in [0, 0.1) is 0 Å². The van der Waals surface area contributed by atoms with Gasteiger partial charge in [-0.2, -0.15) is 0 Å². The number of carbonyl (C=O) groups is 1. The minimum Gasteiger partial charge on any atom is -0.351 e. The highest BCUT2D eigenvalue weighted by molar-refractivity contribution is 5.86. The number of piperidine rings is 1. The van der Waals surface area contributed by atoms with Crippen molar-refractivity contribution in [2.45, 2.75) is 31.8 Å². The number of nitrogens with zero attached hydrogens (tertiary/aromatic N) is 1. The van der Waals surface area contributed by atoms with Gasteiger partial charge < -0.3 is 10.6 Å². The van der Waals surface area contributed by atoms with Crippen molar-refractivity contribution in [1.82, 2.24) is 15.6 Å². The lowest BCUT2D eigenvalue weighted by atomic mass is 10.0. The highest BCUT2D eigenvalue weighted by Crippen LogP contribution is 2.15. The summed E-state index contributed by atoms with van der Waals surface area (Å²) in [6, 6.07) is 9.99. The molecule has 1 aliphatic rings. The monoisotopic (exact) mass is 341 g/mol. The van der Waals surface area contributed by atoms with Gasteiger partial charge in [0.1, 0.15) is 0 Å². The minimum atomic E-state index is -0.0355.